The van der Waals surface area contributed by atoms with E-state index in [1.807, 2.05) is 0 Å². The predicted octanol–water partition coefficient (Wildman–Crippen LogP) is 1.77. The molecule has 0 atom stereocenters. The second-order valence-corrected chi connectivity index (χ2v) is 7.48. The molecule has 2 heterocycles. The van der Waals surface area contributed by atoms with Crippen LogP contribution < -0.4 is 9.46 Å². The highest BCUT2D eigenvalue weighted by molar-refractivity contribution is 7.90. The monoisotopic (exact) mass is 398 g/mol. The van der Waals surface area contributed by atoms with Crippen LogP contribution in [-0.2, 0) is 14.8 Å². The van der Waals surface area contributed by atoms with Gasteiger partial charge in [-0.05, 0) is 36.4 Å². The summed E-state index contributed by atoms with van der Waals surface area (Å²) < 4.78 is 36.8. The van der Waals surface area contributed by atoms with Crippen molar-refractivity contribution >= 4 is 21.8 Å². The fourth-order valence-electron chi connectivity index (χ4n) is 2.66. The summed E-state index contributed by atoms with van der Waals surface area (Å²) >= 11 is 0. The number of sulfonamides is 1. The van der Waals surface area contributed by atoms with E-state index in [2.05, 4.69) is 19.9 Å². The second-order valence-electron chi connectivity index (χ2n) is 5.82. The van der Waals surface area contributed by atoms with Gasteiger partial charge in [0.25, 0.3) is 10.0 Å². The average Bonchev–Trinajstić information content (AvgIpc) is 3.30. The van der Waals surface area contributed by atoms with Crippen LogP contribution in [0.5, 0.6) is 5.75 Å². The molecule has 10 heteroatoms. The molecule has 0 aliphatic carbocycles. The van der Waals surface area contributed by atoms with E-state index < -0.39 is 16.0 Å². The number of esters is 1. The number of fused-ring (bicyclic) bond motifs is 1. The summed E-state index contributed by atoms with van der Waals surface area (Å²) in [5.74, 6) is 0.483. The van der Waals surface area contributed by atoms with Crippen molar-refractivity contribution in [1.82, 2.24) is 14.9 Å². The van der Waals surface area contributed by atoms with Gasteiger partial charge in [-0.25, -0.2) is 8.42 Å². The van der Waals surface area contributed by atoms with Crippen molar-refractivity contribution in [3.8, 4) is 17.2 Å². The van der Waals surface area contributed by atoms with Gasteiger partial charge >= 0.3 is 5.97 Å². The molecule has 1 N–H and O–H groups in total. The molecule has 142 valence electrons. The molecule has 28 heavy (non-hydrogen) atoms. The molecule has 0 saturated carbocycles. The quantitative estimate of drug-likeness (QED) is 0.513. The number of aromatic nitrogens is 2. The zero-order chi connectivity index (χ0) is 19.6. The van der Waals surface area contributed by atoms with Gasteiger partial charge in [0.05, 0.1) is 17.9 Å². The molecule has 9 nitrogen and oxygen atoms in total. The lowest BCUT2D eigenvalue weighted by Crippen LogP contribution is -2.22. The summed E-state index contributed by atoms with van der Waals surface area (Å²) in [5, 5.41) is 7.40. The number of aliphatic imine (C=N–C) groups is 1. The first-order valence-electron chi connectivity index (χ1n) is 8.27. The molecule has 2 aromatic carbocycles. The van der Waals surface area contributed by atoms with Crippen molar-refractivity contribution in [3.05, 3.63) is 60.5 Å². The molecular weight excluding hydrogens is 384 g/mol. The second kappa shape index (κ2) is 7.24. The van der Waals surface area contributed by atoms with Gasteiger partial charge in [-0.15, -0.1) is 10.2 Å². The van der Waals surface area contributed by atoms with Crippen LogP contribution in [0, 0.1) is 0 Å². The lowest BCUT2D eigenvalue weighted by molar-refractivity contribution is -0.134. The van der Waals surface area contributed by atoms with Crippen LogP contribution in [0.15, 0.2) is 69.2 Å². The predicted molar refractivity (Wildman–Crippen MR) is 98.2 cm³/mol. The Balaban J connectivity index is 1.36. The van der Waals surface area contributed by atoms with Crippen molar-refractivity contribution in [2.75, 3.05) is 6.54 Å². The Bertz CT molecular complexity index is 1140. The van der Waals surface area contributed by atoms with E-state index >= 15 is 0 Å². The average molecular weight is 398 g/mol. The van der Waals surface area contributed by atoms with E-state index in [1.54, 1.807) is 42.5 Å². The third kappa shape index (κ3) is 3.62. The first-order valence-corrected chi connectivity index (χ1v) is 9.75. The van der Waals surface area contributed by atoms with Crippen LogP contribution in [-0.4, -0.2) is 37.0 Å². The van der Waals surface area contributed by atoms with Gasteiger partial charge in [-0.1, -0.05) is 12.1 Å². The van der Waals surface area contributed by atoms with E-state index in [0.717, 1.165) is 0 Å². The Morgan fingerprint density at radius 3 is 2.68 bits per heavy atom. The van der Waals surface area contributed by atoms with Crippen LogP contribution >= 0.6 is 0 Å². The number of carbonyl (C=O) groups is 1. The van der Waals surface area contributed by atoms with E-state index in [-0.39, 0.29) is 23.7 Å². The van der Waals surface area contributed by atoms with Crippen LogP contribution in [0.4, 0.5) is 0 Å². The number of carbonyl (C=O) groups excluding carboxylic acids is 1. The smallest absolute Gasteiger partial charge is 0.313 e. The van der Waals surface area contributed by atoms with E-state index in [0.29, 0.717) is 22.8 Å². The number of nitrogens with zero attached hydrogens (tertiary/aromatic N) is 3. The fourth-order valence-corrected chi connectivity index (χ4v) is 3.91. The van der Waals surface area contributed by atoms with Crippen molar-refractivity contribution in [1.29, 1.82) is 0 Å². The van der Waals surface area contributed by atoms with Crippen LogP contribution in [0.25, 0.3) is 11.5 Å². The molecule has 0 spiro atoms. The summed E-state index contributed by atoms with van der Waals surface area (Å²) in [6, 6.07) is 13.2. The number of rotatable bonds is 5. The fraction of sp³-hybridized carbons (Fsp3) is 0.111. The standard InChI is InChI=1S/C18H14N4O5S/c23-16(27-13-7-5-12(6-8-13)18-21-20-11-26-18)9-10-19-17-14-3-1-2-4-15(14)28(24,25)22-17/h1-8,11H,9-10H2,(H,19,22). The molecule has 0 fully saturated rings. The molecule has 1 aromatic heterocycles. The molecule has 0 bridgehead atoms. The van der Waals surface area contributed by atoms with Gasteiger partial charge in [0.1, 0.15) is 11.6 Å². The van der Waals surface area contributed by atoms with Crippen molar-refractivity contribution in [2.24, 2.45) is 4.99 Å². The van der Waals surface area contributed by atoms with Gasteiger partial charge in [-0.3, -0.25) is 14.5 Å². The molecule has 0 saturated heterocycles. The maximum atomic E-state index is 12.0. The normalized spacial score (nSPS) is 15.8. The number of benzene rings is 2. The molecule has 0 amide bonds. The van der Waals surface area contributed by atoms with Gasteiger partial charge in [-0.2, -0.15) is 0 Å². The minimum Gasteiger partial charge on any atom is -0.426 e. The highest BCUT2D eigenvalue weighted by Crippen LogP contribution is 2.22. The SMILES string of the molecule is O=C(CCN=C1NS(=O)(=O)c2ccccc21)Oc1ccc(-c2nnco2)cc1. The Kier molecular flexibility index (Phi) is 4.62. The van der Waals surface area contributed by atoms with Crippen molar-refractivity contribution in [2.45, 2.75) is 11.3 Å². The number of amidine groups is 1. The molecule has 1 aliphatic heterocycles. The van der Waals surface area contributed by atoms with E-state index in [4.69, 9.17) is 9.15 Å². The van der Waals surface area contributed by atoms with Crippen LogP contribution in [0.1, 0.15) is 12.0 Å². The third-order valence-electron chi connectivity index (χ3n) is 3.94. The highest BCUT2D eigenvalue weighted by atomic mass is 32.2. The Morgan fingerprint density at radius 1 is 1.14 bits per heavy atom. The lowest BCUT2D eigenvalue weighted by atomic mass is 10.2. The summed E-state index contributed by atoms with van der Waals surface area (Å²) in [6.45, 7) is 0.0884. The van der Waals surface area contributed by atoms with Crippen LogP contribution in [0.2, 0.25) is 0 Å². The highest BCUT2D eigenvalue weighted by Gasteiger charge is 2.29. The van der Waals surface area contributed by atoms with Crippen LogP contribution in [0.3, 0.4) is 0 Å². The molecule has 3 aromatic rings. The molecular formula is C18H14N4O5S. The van der Waals surface area contributed by atoms with E-state index in [9.17, 15) is 13.2 Å². The molecule has 0 unspecified atom stereocenters. The largest absolute Gasteiger partial charge is 0.426 e. The summed E-state index contributed by atoms with van der Waals surface area (Å²) in [6.07, 6.45) is 1.23. The van der Waals surface area contributed by atoms with Gasteiger partial charge in [0, 0.05) is 11.1 Å². The van der Waals surface area contributed by atoms with Gasteiger partial charge in [0.15, 0.2) is 0 Å². The number of nitrogens with one attached hydrogen (secondary N) is 1. The summed E-state index contributed by atoms with van der Waals surface area (Å²) in [7, 11) is -3.59. The third-order valence-corrected chi connectivity index (χ3v) is 5.34. The molecule has 0 radical (unpaired) electrons. The maximum Gasteiger partial charge on any atom is 0.313 e. The van der Waals surface area contributed by atoms with Crippen molar-refractivity contribution < 1.29 is 22.4 Å². The first-order chi connectivity index (χ1) is 13.5. The zero-order valence-corrected chi connectivity index (χ0v) is 15.2. The minimum absolute atomic E-state index is 0.00119. The van der Waals surface area contributed by atoms with Crippen molar-refractivity contribution in [3.63, 3.8) is 0 Å². The number of hydrogen-bond acceptors (Lipinski definition) is 8. The molecule has 1 aliphatic rings. The lowest BCUT2D eigenvalue weighted by Gasteiger charge is -2.04. The maximum absolute atomic E-state index is 12.0. The number of ether oxygens (including phenoxy) is 1. The first kappa shape index (κ1) is 17.9. The Hall–Kier alpha value is -3.53. The van der Waals surface area contributed by atoms with Gasteiger partial charge < -0.3 is 9.15 Å². The minimum atomic E-state index is -3.59. The van der Waals surface area contributed by atoms with Gasteiger partial charge in [0.2, 0.25) is 12.3 Å². The number of hydrogen-bond donors (Lipinski definition) is 1. The zero-order valence-electron chi connectivity index (χ0n) is 14.4. The topological polar surface area (TPSA) is 124 Å². The Morgan fingerprint density at radius 2 is 1.93 bits per heavy atom. The summed E-state index contributed by atoms with van der Waals surface area (Å²) in [4.78, 5) is 16.4. The Labute approximate surface area is 160 Å². The summed E-state index contributed by atoms with van der Waals surface area (Å²) in [5.41, 5.74) is 1.20. The van der Waals surface area contributed by atoms with E-state index in [1.165, 1.54) is 12.5 Å². The molecule has 4 rings (SSSR count).